The van der Waals surface area contributed by atoms with Crippen LogP contribution in [0.3, 0.4) is 0 Å². The molecule has 2 aromatic rings. The minimum absolute atomic E-state index is 0.337. The van der Waals surface area contributed by atoms with Gasteiger partial charge < -0.3 is 9.47 Å². The van der Waals surface area contributed by atoms with Crippen LogP contribution < -0.4 is 4.74 Å². The highest BCUT2D eigenvalue weighted by molar-refractivity contribution is 9.10. The molecule has 0 amide bonds. The SMILES string of the molecule is CCOC(=O)c1csc(-c2ccc(Br)c(OC)c2)n1. The van der Waals surface area contributed by atoms with Crippen LogP contribution in [0.4, 0.5) is 0 Å². The third kappa shape index (κ3) is 3.13. The van der Waals surface area contributed by atoms with Crippen LogP contribution in [0.5, 0.6) is 5.75 Å². The van der Waals surface area contributed by atoms with Crippen molar-refractivity contribution in [2.24, 2.45) is 0 Å². The molecule has 0 aliphatic rings. The van der Waals surface area contributed by atoms with Gasteiger partial charge in [-0.25, -0.2) is 9.78 Å². The topological polar surface area (TPSA) is 48.4 Å². The van der Waals surface area contributed by atoms with E-state index in [2.05, 4.69) is 20.9 Å². The highest BCUT2D eigenvalue weighted by atomic mass is 79.9. The maximum Gasteiger partial charge on any atom is 0.357 e. The van der Waals surface area contributed by atoms with Gasteiger partial charge in [-0.3, -0.25) is 0 Å². The van der Waals surface area contributed by atoms with Crippen LogP contribution >= 0.6 is 27.3 Å². The summed E-state index contributed by atoms with van der Waals surface area (Å²) in [5.74, 6) is 0.333. The number of nitrogens with zero attached hydrogens (tertiary/aromatic N) is 1. The molecular formula is C13H12BrNO3S. The summed E-state index contributed by atoms with van der Waals surface area (Å²) in [6, 6.07) is 5.68. The molecule has 6 heteroatoms. The fourth-order valence-electron chi connectivity index (χ4n) is 1.50. The molecular weight excluding hydrogens is 330 g/mol. The van der Waals surface area contributed by atoms with Crippen LogP contribution in [-0.2, 0) is 4.74 Å². The molecule has 0 radical (unpaired) electrons. The van der Waals surface area contributed by atoms with Crippen LogP contribution in [0.1, 0.15) is 17.4 Å². The molecule has 0 saturated carbocycles. The number of hydrogen-bond donors (Lipinski definition) is 0. The van der Waals surface area contributed by atoms with Gasteiger partial charge in [0.15, 0.2) is 5.69 Å². The number of esters is 1. The molecule has 19 heavy (non-hydrogen) atoms. The third-order valence-electron chi connectivity index (χ3n) is 2.39. The Bertz CT molecular complexity index is 597. The summed E-state index contributed by atoms with van der Waals surface area (Å²) < 4.78 is 11.0. The van der Waals surface area contributed by atoms with Crippen molar-refractivity contribution in [2.75, 3.05) is 13.7 Å². The number of aromatic nitrogens is 1. The summed E-state index contributed by atoms with van der Waals surface area (Å²) in [7, 11) is 1.61. The molecule has 0 atom stereocenters. The molecule has 100 valence electrons. The highest BCUT2D eigenvalue weighted by Crippen LogP contribution is 2.32. The van der Waals surface area contributed by atoms with E-state index in [0.29, 0.717) is 12.3 Å². The molecule has 1 heterocycles. The molecule has 0 spiro atoms. The van der Waals surface area contributed by atoms with Crippen molar-refractivity contribution in [3.63, 3.8) is 0 Å². The van der Waals surface area contributed by atoms with E-state index in [0.717, 1.165) is 20.8 Å². The van der Waals surface area contributed by atoms with Gasteiger partial charge in [-0.05, 0) is 35.0 Å². The molecule has 0 unspecified atom stereocenters. The Labute approximate surface area is 123 Å². The lowest BCUT2D eigenvalue weighted by Crippen LogP contribution is -2.04. The summed E-state index contributed by atoms with van der Waals surface area (Å²) in [5.41, 5.74) is 1.24. The van der Waals surface area contributed by atoms with E-state index in [9.17, 15) is 4.79 Å². The van der Waals surface area contributed by atoms with Crippen molar-refractivity contribution in [3.8, 4) is 16.3 Å². The summed E-state index contributed by atoms with van der Waals surface area (Å²) in [5, 5.41) is 2.45. The lowest BCUT2D eigenvalue weighted by Gasteiger charge is -2.04. The van der Waals surface area contributed by atoms with E-state index in [1.807, 2.05) is 18.2 Å². The summed E-state index contributed by atoms with van der Waals surface area (Å²) in [6.45, 7) is 2.11. The molecule has 0 saturated heterocycles. The van der Waals surface area contributed by atoms with Crippen LogP contribution in [0.25, 0.3) is 10.6 Å². The average molecular weight is 342 g/mol. The first-order valence-corrected chi connectivity index (χ1v) is 7.29. The van der Waals surface area contributed by atoms with Gasteiger partial charge in [-0.2, -0.15) is 0 Å². The number of ether oxygens (including phenoxy) is 2. The zero-order chi connectivity index (χ0) is 13.8. The van der Waals surface area contributed by atoms with Crippen LogP contribution in [0.2, 0.25) is 0 Å². The summed E-state index contributed by atoms with van der Waals surface area (Å²) >= 11 is 4.80. The first kappa shape index (κ1) is 14.0. The van der Waals surface area contributed by atoms with E-state index in [-0.39, 0.29) is 0 Å². The number of rotatable bonds is 4. The maximum atomic E-state index is 11.6. The number of halogens is 1. The van der Waals surface area contributed by atoms with E-state index < -0.39 is 5.97 Å². The number of methoxy groups -OCH3 is 1. The Morgan fingerprint density at radius 1 is 1.47 bits per heavy atom. The second-order valence-electron chi connectivity index (χ2n) is 3.61. The zero-order valence-electron chi connectivity index (χ0n) is 10.5. The Hall–Kier alpha value is -1.40. The molecule has 1 aromatic heterocycles. The summed E-state index contributed by atoms with van der Waals surface area (Å²) in [4.78, 5) is 15.8. The Morgan fingerprint density at radius 3 is 2.95 bits per heavy atom. The van der Waals surface area contributed by atoms with Crippen molar-refractivity contribution < 1.29 is 14.3 Å². The van der Waals surface area contributed by atoms with Gasteiger partial charge in [0, 0.05) is 10.9 Å². The van der Waals surface area contributed by atoms with Gasteiger partial charge in [0.1, 0.15) is 10.8 Å². The van der Waals surface area contributed by atoms with E-state index >= 15 is 0 Å². The smallest absolute Gasteiger partial charge is 0.357 e. The monoisotopic (exact) mass is 341 g/mol. The van der Waals surface area contributed by atoms with Crippen molar-refractivity contribution in [3.05, 3.63) is 33.7 Å². The standard InChI is InChI=1S/C13H12BrNO3S/c1-3-18-13(16)10-7-19-12(15-10)8-4-5-9(14)11(6-8)17-2/h4-7H,3H2,1-2H3. The first-order chi connectivity index (χ1) is 9.15. The third-order valence-corrected chi connectivity index (χ3v) is 3.93. The quantitative estimate of drug-likeness (QED) is 0.794. The van der Waals surface area contributed by atoms with Crippen molar-refractivity contribution >= 4 is 33.2 Å². The first-order valence-electron chi connectivity index (χ1n) is 5.62. The van der Waals surface area contributed by atoms with Crippen molar-refractivity contribution in [1.29, 1.82) is 0 Å². The molecule has 0 bridgehead atoms. The van der Waals surface area contributed by atoms with Gasteiger partial charge in [0.2, 0.25) is 0 Å². The number of carbonyl (C=O) groups excluding carboxylic acids is 1. The van der Waals surface area contributed by atoms with E-state index in [1.165, 1.54) is 11.3 Å². The van der Waals surface area contributed by atoms with Gasteiger partial charge in [0.05, 0.1) is 18.2 Å². The fraction of sp³-hybridized carbons (Fsp3) is 0.231. The van der Waals surface area contributed by atoms with Gasteiger partial charge >= 0.3 is 5.97 Å². The highest BCUT2D eigenvalue weighted by Gasteiger charge is 2.13. The maximum absolute atomic E-state index is 11.6. The van der Waals surface area contributed by atoms with Crippen molar-refractivity contribution in [2.45, 2.75) is 6.92 Å². The van der Waals surface area contributed by atoms with Crippen LogP contribution in [-0.4, -0.2) is 24.7 Å². The lowest BCUT2D eigenvalue weighted by atomic mass is 10.2. The minimum Gasteiger partial charge on any atom is -0.496 e. The number of benzene rings is 1. The predicted octanol–water partition coefficient (Wildman–Crippen LogP) is 3.76. The molecule has 0 aliphatic carbocycles. The van der Waals surface area contributed by atoms with Crippen LogP contribution in [0, 0.1) is 0 Å². The Morgan fingerprint density at radius 2 is 2.26 bits per heavy atom. The number of hydrogen-bond acceptors (Lipinski definition) is 5. The van der Waals surface area contributed by atoms with Gasteiger partial charge in [-0.1, -0.05) is 6.07 Å². The number of carbonyl (C=O) groups is 1. The van der Waals surface area contributed by atoms with Crippen LogP contribution in [0.15, 0.2) is 28.1 Å². The molecule has 4 nitrogen and oxygen atoms in total. The lowest BCUT2D eigenvalue weighted by molar-refractivity contribution is 0.0520. The molecule has 0 fully saturated rings. The average Bonchev–Trinajstić information content (AvgIpc) is 2.89. The fourth-order valence-corrected chi connectivity index (χ4v) is 2.69. The van der Waals surface area contributed by atoms with Gasteiger partial charge in [-0.15, -0.1) is 11.3 Å². The molecule has 1 aromatic carbocycles. The second-order valence-corrected chi connectivity index (χ2v) is 5.32. The Balaban J connectivity index is 2.30. The molecule has 0 N–H and O–H groups in total. The minimum atomic E-state index is -0.394. The zero-order valence-corrected chi connectivity index (χ0v) is 12.9. The van der Waals surface area contributed by atoms with Gasteiger partial charge in [0.25, 0.3) is 0 Å². The predicted molar refractivity (Wildman–Crippen MR) is 77.8 cm³/mol. The molecule has 2 rings (SSSR count). The second kappa shape index (κ2) is 6.16. The van der Waals surface area contributed by atoms with Crippen molar-refractivity contribution in [1.82, 2.24) is 4.98 Å². The number of thiazole rings is 1. The molecule has 0 aliphatic heterocycles. The Kier molecular flexibility index (Phi) is 4.55. The normalized spacial score (nSPS) is 10.3. The largest absolute Gasteiger partial charge is 0.496 e. The summed E-state index contributed by atoms with van der Waals surface area (Å²) in [6.07, 6.45) is 0. The van der Waals surface area contributed by atoms with E-state index in [1.54, 1.807) is 19.4 Å². The van der Waals surface area contributed by atoms with E-state index in [4.69, 9.17) is 9.47 Å².